The van der Waals surface area contributed by atoms with E-state index in [4.69, 9.17) is 0 Å². The van der Waals surface area contributed by atoms with Crippen molar-refractivity contribution in [2.75, 3.05) is 7.05 Å². The van der Waals surface area contributed by atoms with Crippen LogP contribution in [0.3, 0.4) is 0 Å². The van der Waals surface area contributed by atoms with E-state index < -0.39 is 0 Å². The van der Waals surface area contributed by atoms with Crippen LogP contribution in [0.1, 0.15) is 29.3 Å². The molecular weight excluding hydrogens is 304 g/mol. The molecule has 0 aliphatic rings. The van der Waals surface area contributed by atoms with Gasteiger partial charge >= 0.3 is 0 Å². The lowest BCUT2D eigenvalue weighted by Crippen LogP contribution is -2.20. The molecule has 0 radical (unpaired) electrons. The molecule has 19 heavy (non-hydrogen) atoms. The highest BCUT2D eigenvalue weighted by Crippen LogP contribution is 2.24. The number of aromatic nitrogens is 3. The minimum Gasteiger partial charge on any atom is -0.312 e. The van der Waals surface area contributed by atoms with Crippen molar-refractivity contribution in [1.82, 2.24) is 20.3 Å². The molecule has 1 N–H and O–H groups in total. The monoisotopic (exact) mass is 322 g/mol. The number of halogens is 1. The van der Waals surface area contributed by atoms with E-state index in [1.54, 1.807) is 0 Å². The van der Waals surface area contributed by atoms with Crippen LogP contribution in [0.4, 0.5) is 0 Å². The standard InChI is InChI=1S/C14H19BrN4/c1-10-4-6-11(7-5-10)8-9-12(16-2)13-14(15)17-18-19(13)3/h4-7,12,16H,8-9H2,1-3H3. The molecule has 0 spiro atoms. The Kier molecular flexibility index (Phi) is 4.71. The summed E-state index contributed by atoms with van der Waals surface area (Å²) in [4.78, 5) is 0. The molecule has 1 aromatic carbocycles. The third-order valence-corrected chi connectivity index (χ3v) is 3.91. The molecule has 2 aromatic rings. The molecule has 0 aliphatic heterocycles. The molecule has 0 saturated heterocycles. The van der Waals surface area contributed by atoms with E-state index in [1.165, 1.54) is 11.1 Å². The molecule has 0 amide bonds. The summed E-state index contributed by atoms with van der Waals surface area (Å²) in [6, 6.07) is 8.95. The molecule has 2 rings (SSSR count). The Morgan fingerprint density at radius 3 is 2.53 bits per heavy atom. The Morgan fingerprint density at radius 1 is 1.32 bits per heavy atom. The predicted molar refractivity (Wildman–Crippen MR) is 80.0 cm³/mol. The molecule has 4 nitrogen and oxygen atoms in total. The number of nitrogens with one attached hydrogen (secondary N) is 1. The summed E-state index contributed by atoms with van der Waals surface area (Å²) in [5.74, 6) is 0. The van der Waals surface area contributed by atoms with Crippen molar-refractivity contribution < 1.29 is 0 Å². The summed E-state index contributed by atoms with van der Waals surface area (Å²) in [6.07, 6.45) is 2.04. The van der Waals surface area contributed by atoms with Gasteiger partial charge in [-0.1, -0.05) is 35.0 Å². The van der Waals surface area contributed by atoms with Gasteiger partial charge in [0.1, 0.15) is 0 Å². The van der Waals surface area contributed by atoms with E-state index in [0.29, 0.717) is 0 Å². The third-order valence-electron chi connectivity index (χ3n) is 3.35. The summed E-state index contributed by atoms with van der Waals surface area (Å²) in [5.41, 5.74) is 3.75. The highest BCUT2D eigenvalue weighted by Gasteiger charge is 2.18. The molecule has 1 aromatic heterocycles. The second-order valence-electron chi connectivity index (χ2n) is 4.75. The van der Waals surface area contributed by atoms with E-state index >= 15 is 0 Å². The second kappa shape index (κ2) is 6.30. The number of rotatable bonds is 5. The highest BCUT2D eigenvalue weighted by atomic mass is 79.9. The van der Waals surface area contributed by atoms with Gasteiger partial charge in [0.15, 0.2) is 4.60 Å². The van der Waals surface area contributed by atoms with E-state index in [9.17, 15) is 0 Å². The molecule has 1 unspecified atom stereocenters. The molecule has 5 heteroatoms. The van der Waals surface area contributed by atoms with Crippen molar-refractivity contribution in [3.8, 4) is 0 Å². The first kappa shape index (κ1) is 14.2. The van der Waals surface area contributed by atoms with Gasteiger partial charge < -0.3 is 5.32 Å². The van der Waals surface area contributed by atoms with Crippen LogP contribution < -0.4 is 5.32 Å². The average molecular weight is 323 g/mol. The molecule has 0 aliphatic carbocycles. The van der Waals surface area contributed by atoms with Crippen LogP contribution in [0, 0.1) is 6.92 Å². The highest BCUT2D eigenvalue weighted by molar-refractivity contribution is 9.10. The Labute approximate surface area is 122 Å². The molecule has 0 fully saturated rings. The van der Waals surface area contributed by atoms with Crippen molar-refractivity contribution in [2.24, 2.45) is 7.05 Å². The van der Waals surface area contributed by atoms with Crippen LogP contribution in [-0.4, -0.2) is 22.0 Å². The van der Waals surface area contributed by atoms with Crippen LogP contribution in [0.5, 0.6) is 0 Å². The van der Waals surface area contributed by atoms with Crippen LogP contribution in [-0.2, 0) is 13.5 Å². The fraction of sp³-hybridized carbons (Fsp3) is 0.429. The van der Waals surface area contributed by atoms with Gasteiger partial charge in [-0.3, -0.25) is 0 Å². The normalized spacial score (nSPS) is 12.6. The van der Waals surface area contributed by atoms with E-state index in [0.717, 1.165) is 23.1 Å². The van der Waals surface area contributed by atoms with Gasteiger partial charge in [-0.05, 0) is 48.3 Å². The summed E-state index contributed by atoms with van der Waals surface area (Å²) in [5, 5.41) is 11.4. The number of aryl methyl sites for hydroxylation is 3. The summed E-state index contributed by atoms with van der Waals surface area (Å²) < 4.78 is 2.64. The van der Waals surface area contributed by atoms with E-state index in [2.05, 4.69) is 62.7 Å². The molecule has 0 bridgehead atoms. The second-order valence-corrected chi connectivity index (χ2v) is 5.51. The maximum atomic E-state index is 4.04. The first-order chi connectivity index (χ1) is 9.11. The molecule has 102 valence electrons. The maximum Gasteiger partial charge on any atom is 0.153 e. The Bertz CT molecular complexity index is 513. The van der Waals surface area contributed by atoms with Gasteiger partial charge in [0.25, 0.3) is 0 Å². The maximum absolute atomic E-state index is 4.04. The van der Waals surface area contributed by atoms with Crippen LogP contribution in [0.15, 0.2) is 28.9 Å². The van der Waals surface area contributed by atoms with Crippen molar-refractivity contribution in [1.29, 1.82) is 0 Å². The average Bonchev–Trinajstić information content (AvgIpc) is 2.73. The predicted octanol–water partition coefficient (Wildman–Crippen LogP) is 2.78. The largest absolute Gasteiger partial charge is 0.312 e. The van der Waals surface area contributed by atoms with Gasteiger partial charge in [0.05, 0.1) is 11.7 Å². The van der Waals surface area contributed by atoms with E-state index in [-0.39, 0.29) is 6.04 Å². The van der Waals surface area contributed by atoms with Gasteiger partial charge in [0.2, 0.25) is 0 Å². The zero-order valence-corrected chi connectivity index (χ0v) is 13.1. The molecular formula is C14H19BrN4. The van der Waals surface area contributed by atoms with Crippen LogP contribution in [0.25, 0.3) is 0 Å². The fourth-order valence-electron chi connectivity index (χ4n) is 2.19. The zero-order valence-electron chi connectivity index (χ0n) is 11.5. The Hall–Kier alpha value is -1.20. The Balaban J connectivity index is 2.06. The fourth-order valence-corrected chi connectivity index (χ4v) is 2.80. The molecule has 1 atom stereocenters. The van der Waals surface area contributed by atoms with Crippen molar-refractivity contribution in [3.05, 3.63) is 45.7 Å². The molecule has 0 saturated carbocycles. The first-order valence-corrected chi connectivity index (χ1v) is 7.19. The quantitative estimate of drug-likeness (QED) is 0.920. The van der Waals surface area contributed by atoms with E-state index in [1.807, 2.05) is 18.8 Å². The Morgan fingerprint density at radius 2 is 2.00 bits per heavy atom. The SMILES string of the molecule is CNC(CCc1ccc(C)cc1)c1c(Br)nnn1C. The van der Waals surface area contributed by atoms with Gasteiger partial charge in [-0.15, -0.1) is 5.10 Å². The topological polar surface area (TPSA) is 42.7 Å². The lowest BCUT2D eigenvalue weighted by Gasteiger charge is -2.16. The minimum absolute atomic E-state index is 0.246. The van der Waals surface area contributed by atoms with Crippen molar-refractivity contribution >= 4 is 15.9 Å². The summed E-state index contributed by atoms with van der Waals surface area (Å²) >= 11 is 3.46. The van der Waals surface area contributed by atoms with Gasteiger partial charge in [0, 0.05) is 7.05 Å². The van der Waals surface area contributed by atoms with Crippen LogP contribution >= 0.6 is 15.9 Å². The van der Waals surface area contributed by atoms with Crippen LogP contribution in [0.2, 0.25) is 0 Å². The number of benzene rings is 1. The lowest BCUT2D eigenvalue weighted by molar-refractivity contribution is 0.503. The zero-order chi connectivity index (χ0) is 13.8. The molecule has 1 heterocycles. The smallest absolute Gasteiger partial charge is 0.153 e. The number of nitrogens with zero attached hydrogens (tertiary/aromatic N) is 3. The lowest BCUT2D eigenvalue weighted by atomic mass is 10.0. The minimum atomic E-state index is 0.246. The van der Waals surface area contributed by atoms with Gasteiger partial charge in [-0.2, -0.15) is 0 Å². The summed E-state index contributed by atoms with van der Waals surface area (Å²) in [6.45, 7) is 2.11. The number of hydrogen-bond donors (Lipinski definition) is 1. The van der Waals surface area contributed by atoms with Crippen molar-refractivity contribution in [2.45, 2.75) is 25.8 Å². The van der Waals surface area contributed by atoms with Gasteiger partial charge in [-0.25, -0.2) is 4.68 Å². The number of hydrogen-bond acceptors (Lipinski definition) is 3. The first-order valence-electron chi connectivity index (χ1n) is 6.39. The third kappa shape index (κ3) is 3.42. The summed E-state index contributed by atoms with van der Waals surface area (Å²) in [7, 11) is 3.89. The van der Waals surface area contributed by atoms with Crippen molar-refractivity contribution in [3.63, 3.8) is 0 Å².